The second-order valence-electron chi connectivity index (χ2n) is 5.21. The highest BCUT2D eigenvalue weighted by atomic mass is 16.5. The maximum absolute atomic E-state index is 9.38. The molecule has 0 rings (SSSR count). The summed E-state index contributed by atoms with van der Waals surface area (Å²) in [7, 11) is 2.13. The fourth-order valence-corrected chi connectivity index (χ4v) is 2.02. The van der Waals surface area contributed by atoms with Gasteiger partial charge >= 0.3 is 0 Å². The normalized spacial score (nSPS) is 15.0. The molecule has 0 aromatic rings. The van der Waals surface area contributed by atoms with Crippen LogP contribution in [0.15, 0.2) is 0 Å². The monoisotopic (exact) mass is 260 g/mol. The van der Waals surface area contributed by atoms with Gasteiger partial charge in [-0.25, -0.2) is 0 Å². The van der Waals surface area contributed by atoms with E-state index in [2.05, 4.69) is 31.1 Å². The first-order valence-corrected chi connectivity index (χ1v) is 7.20. The van der Waals surface area contributed by atoms with E-state index in [4.69, 9.17) is 4.74 Å². The Morgan fingerprint density at radius 1 is 1.22 bits per heavy atom. The van der Waals surface area contributed by atoms with Crippen molar-refractivity contribution in [3.8, 4) is 0 Å². The predicted molar refractivity (Wildman–Crippen MR) is 77.0 cm³/mol. The number of aliphatic hydroxyl groups is 1. The van der Waals surface area contributed by atoms with Crippen molar-refractivity contribution < 1.29 is 9.84 Å². The lowest BCUT2D eigenvalue weighted by atomic mass is 9.95. The molecule has 0 aromatic heterocycles. The molecular formula is C14H32N2O2. The van der Waals surface area contributed by atoms with Crippen LogP contribution in [0, 0.1) is 0 Å². The summed E-state index contributed by atoms with van der Waals surface area (Å²) >= 11 is 0. The molecule has 0 saturated carbocycles. The third kappa shape index (κ3) is 8.86. The Labute approximate surface area is 113 Å². The summed E-state index contributed by atoms with van der Waals surface area (Å²) in [5, 5.41) is 12.7. The van der Waals surface area contributed by atoms with Gasteiger partial charge in [-0.2, -0.15) is 0 Å². The first kappa shape index (κ1) is 17.8. The topological polar surface area (TPSA) is 44.7 Å². The molecule has 0 aromatic carbocycles. The van der Waals surface area contributed by atoms with E-state index < -0.39 is 0 Å². The van der Waals surface area contributed by atoms with Gasteiger partial charge in [-0.05, 0) is 46.8 Å². The van der Waals surface area contributed by atoms with Gasteiger partial charge in [0.1, 0.15) is 0 Å². The third-order valence-electron chi connectivity index (χ3n) is 3.29. The molecule has 0 fully saturated rings. The van der Waals surface area contributed by atoms with E-state index in [-0.39, 0.29) is 12.1 Å². The highest BCUT2D eigenvalue weighted by Crippen LogP contribution is 2.13. The van der Waals surface area contributed by atoms with Gasteiger partial charge in [-0.3, -0.25) is 0 Å². The molecule has 0 aliphatic heterocycles. The van der Waals surface area contributed by atoms with Crippen molar-refractivity contribution in [2.75, 3.05) is 46.5 Å². The Hall–Kier alpha value is -0.160. The summed E-state index contributed by atoms with van der Waals surface area (Å²) in [6.07, 6.45) is 3.34. The average molecular weight is 260 g/mol. The van der Waals surface area contributed by atoms with Gasteiger partial charge in [0.15, 0.2) is 0 Å². The number of ether oxygens (including phenoxy) is 1. The minimum absolute atomic E-state index is 0.112. The van der Waals surface area contributed by atoms with Crippen LogP contribution in [-0.2, 0) is 4.74 Å². The van der Waals surface area contributed by atoms with Crippen molar-refractivity contribution in [1.82, 2.24) is 10.2 Å². The van der Waals surface area contributed by atoms with Crippen LogP contribution < -0.4 is 5.32 Å². The molecule has 0 heterocycles. The zero-order valence-electron chi connectivity index (χ0n) is 12.7. The van der Waals surface area contributed by atoms with E-state index in [1.54, 1.807) is 0 Å². The van der Waals surface area contributed by atoms with Gasteiger partial charge < -0.3 is 20.1 Å². The Balaban J connectivity index is 3.58. The molecule has 0 amide bonds. The summed E-state index contributed by atoms with van der Waals surface area (Å²) in [6.45, 7) is 11.0. The number of hydrogen-bond acceptors (Lipinski definition) is 4. The molecule has 1 atom stereocenters. The van der Waals surface area contributed by atoms with Crippen LogP contribution in [0.3, 0.4) is 0 Å². The molecule has 0 radical (unpaired) electrons. The highest BCUT2D eigenvalue weighted by Gasteiger charge is 2.20. The molecule has 0 aliphatic rings. The molecule has 0 spiro atoms. The van der Waals surface area contributed by atoms with E-state index in [0.717, 1.165) is 45.7 Å². The summed E-state index contributed by atoms with van der Waals surface area (Å²) < 4.78 is 5.33. The van der Waals surface area contributed by atoms with Crippen LogP contribution in [0.4, 0.5) is 0 Å². The van der Waals surface area contributed by atoms with E-state index >= 15 is 0 Å². The van der Waals surface area contributed by atoms with Crippen molar-refractivity contribution in [3.05, 3.63) is 0 Å². The molecule has 1 unspecified atom stereocenters. The number of likely N-dealkylation sites (N-methyl/N-ethyl adjacent to an activating group) is 2. The van der Waals surface area contributed by atoms with E-state index in [0.29, 0.717) is 0 Å². The third-order valence-corrected chi connectivity index (χ3v) is 3.29. The van der Waals surface area contributed by atoms with Crippen molar-refractivity contribution in [2.45, 2.75) is 45.6 Å². The highest BCUT2D eigenvalue weighted by molar-refractivity contribution is 4.81. The number of nitrogens with one attached hydrogen (secondary N) is 1. The lowest BCUT2D eigenvalue weighted by Crippen LogP contribution is -2.45. The summed E-state index contributed by atoms with van der Waals surface area (Å²) in [6, 6.07) is 0. The molecule has 4 nitrogen and oxygen atoms in total. The lowest BCUT2D eigenvalue weighted by Gasteiger charge is -2.28. The first-order chi connectivity index (χ1) is 8.58. The Bertz CT molecular complexity index is 191. The maximum Gasteiger partial charge on any atom is 0.0610 e. The Morgan fingerprint density at radius 2 is 1.94 bits per heavy atom. The number of rotatable bonds is 12. The van der Waals surface area contributed by atoms with E-state index in [1.165, 1.54) is 6.42 Å². The van der Waals surface area contributed by atoms with Crippen molar-refractivity contribution >= 4 is 0 Å². The zero-order chi connectivity index (χ0) is 13.9. The molecule has 18 heavy (non-hydrogen) atoms. The average Bonchev–Trinajstić information content (AvgIpc) is 2.35. The number of hydrogen-bond donors (Lipinski definition) is 2. The van der Waals surface area contributed by atoms with Gasteiger partial charge in [-0.1, -0.05) is 13.3 Å². The maximum atomic E-state index is 9.38. The standard InChI is InChI=1S/C14H32N2O2/c1-5-15-14(3,13-17)9-7-8-10-16(4)11-12-18-6-2/h15,17H,5-13H2,1-4H3. The first-order valence-electron chi connectivity index (χ1n) is 7.20. The van der Waals surface area contributed by atoms with E-state index in [9.17, 15) is 5.11 Å². The summed E-state index contributed by atoms with van der Waals surface area (Å²) in [4.78, 5) is 2.30. The molecular weight excluding hydrogens is 228 g/mol. The number of aliphatic hydroxyl groups excluding tert-OH is 1. The van der Waals surface area contributed by atoms with Crippen LogP contribution in [0.2, 0.25) is 0 Å². The lowest BCUT2D eigenvalue weighted by molar-refractivity contribution is 0.120. The molecule has 110 valence electrons. The molecule has 0 bridgehead atoms. The zero-order valence-corrected chi connectivity index (χ0v) is 12.7. The Kier molecular flexibility index (Phi) is 10.6. The minimum atomic E-state index is -0.112. The predicted octanol–water partition coefficient (Wildman–Crippen LogP) is 1.49. The van der Waals surface area contributed by atoms with Gasteiger partial charge in [0.25, 0.3) is 0 Å². The molecule has 0 saturated heterocycles. The van der Waals surface area contributed by atoms with Crippen LogP contribution in [0.1, 0.15) is 40.0 Å². The SMILES string of the molecule is CCNC(C)(CO)CCCCN(C)CCOCC. The summed E-state index contributed by atoms with van der Waals surface area (Å²) in [5.74, 6) is 0. The fourth-order valence-electron chi connectivity index (χ4n) is 2.02. The van der Waals surface area contributed by atoms with Gasteiger partial charge in [-0.15, -0.1) is 0 Å². The van der Waals surface area contributed by atoms with Crippen LogP contribution in [-0.4, -0.2) is 62.0 Å². The van der Waals surface area contributed by atoms with Crippen LogP contribution in [0.5, 0.6) is 0 Å². The number of unbranched alkanes of at least 4 members (excludes halogenated alkanes) is 1. The van der Waals surface area contributed by atoms with Crippen molar-refractivity contribution in [1.29, 1.82) is 0 Å². The van der Waals surface area contributed by atoms with Crippen molar-refractivity contribution in [3.63, 3.8) is 0 Å². The number of nitrogens with zero attached hydrogens (tertiary/aromatic N) is 1. The van der Waals surface area contributed by atoms with Crippen molar-refractivity contribution in [2.24, 2.45) is 0 Å². The molecule has 2 N–H and O–H groups in total. The second kappa shape index (κ2) is 10.7. The van der Waals surface area contributed by atoms with Crippen LogP contribution >= 0.6 is 0 Å². The quantitative estimate of drug-likeness (QED) is 0.522. The van der Waals surface area contributed by atoms with E-state index in [1.807, 2.05) is 6.92 Å². The van der Waals surface area contributed by atoms with Gasteiger partial charge in [0.05, 0.1) is 13.2 Å². The van der Waals surface area contributed by atoms with Gasteiger partial charge in [0, 0.05) is 18.7 Å². The fraction of sp³-hybridized carbons (Fsp3) is 1.00. The smallest absolute Gasteiger partial charge is 0.0610 e. The minimum Gasteiger partial charge on any atom is -0.394 e. The second-order valence-corrected chi connectivity index (χ2v) is 5.21. The largest absolute Gasteiger partial charge is 0.394 e. The molecule has 0 aliphatic carbocycles. The Morgan fingerprint density at radius 3 is 2.50 bits per heavy atom. The molecule has 4 heteroatoms. The summed E-state index contributed by atoms with van der Waals surface area (Å²) in [5.41, 5.74) is -0.112. The van der Waals surface area contributed by atoms with Gasteiger partial charge in [0.2, 0.25) is 0 Å². The van der Waals surface area contributed by atoms with Crippen LogP contribution in [0.25, 0.3) is 0 Å².